The third-order valence-corrected chi connectivity index (χ3v) is 3.72. The van der Waals surface area contributed by atoms with Gasteiger partial charge in [0.2, 0.25) is 11.0 Å². The molecule has 0 bridgehead atoms. The quantitative estimate of drug-likeness (QED) is 0.419. The maximum absolute atomic E-state index is 12.7. The van der Waals surface area contributed by atoms with Crippen molar-refractivity contribution in [1.29, 1.82) is 0 Å². The first-order valence-electron chi connectivity index (χ1n) is 7.24. The van der Waals surface area contributed by atoms with E-state index in [-0.39, 0.29) is 16.6 Å². The van der Waals surface area contributed by atoms with Gasteiger partial charge in [0.05, 0.1) is 17.4 Å². The lowest BCUT2D eigenvalue weighted by molar-refractivity contribution is 0.340. The van der Waals surface area contributed by atoms with Crippen LogP contribution < -0.4 is 15.8 Å². The molecule has 2 heterocycles. The van der Waals surface area contributed by atoms with E-state index in [1.165, 1.54) is 0 Å². The highest BCUT2D eigenvalue weighted by molar-refractivity contribution is 6.03. The van der Waals surface area contributed by atoms with Crippen LogP contribution >= 0.6 is 0 Å². The molecule has 0 saturated heterocycles. The van der Waals surface area contributed by atoms with Gasteiger partial charge in [-0.15, -0.1) is 0 Å². The van der Waals surface area contributed by atoms with Crippen LogP contribution in [0.2, 0.25) is 0 Å². The second-order valence-electron chi connectivity index (χ2n) is 5.12. The van der Waals surface area contributed by atoms with Gasteiger partial charge in [0, 0.05) is 5.39 Å². The highest BCUT2D eigenvalue weighted by atomic mass is 16.5. The average molecular weight is 308 g/mol. The van der Waals surface area contributed by atoms with Gasteiger partial charge in [-0.25, -0.2) is 4.79 Å². The summed E-state index contributed by atoms with van der Waals surface area (Å²) in [6.45, 7) is 2.35. The molecular formula is C18H12O5. The molecule has 2 aromatic heterocycles. The molecule has 4 rings (SSSR count). The molecule has 0 aliphatic heterocycles. The smallest absolute Gasteiger partial charge is 0.344 e. The minimum absolute atomic E-state index is 0.0742. The fourth-order valence-electron chi connectivity index (χ4n) is 2.69. The summed E-state index contributed by atoms with van der Waals surface area (Å²) < 4.78 is 16.5. The summed E-state index contributed by atoms with van der Waals surface area (Å²) in [5.74, 6) is 0.565. The number of hydrogen-bond donors (Lipinski definition) is 0. The minimum atomic E-state index is -0.555. The van der Waals surface area contributed by atoms with Crippen molar-refractivity contribution in [2.45, 2.75) is 6.92 Å². The molecular weight excluding hydrogens is 296 g/mol. The molecule has 5 heteroatoms. The first-order valence-corrected chi connectivity index (χ1v) is 7.24. The van der Waals surface area contributed by atoms with Crippen molar-refractivity contribution in [3.63, 3.8) is 0 Å². The lowest BCUT2D eigenvalue weighted by atomic mass is 10.1. The Morgan fingerprint density at radius 3 is 2.48 bits per heavy atom. The zero-order valence-electron chi connectivity index (χ0n) is 12.3. The summed E-state index contributed by atoms with van der Waals surface area (Å²) in [5, 5.41) is 1.27. The van der Waals surface area contributed by atoms with Crippen molar-refractivity contribution in [1.82, 2.24) is 0 Å². The molecule has 0 aliphatic carbocycles. The molecule has 0 atom stereocenters. The van der Waals surface area contributed by atoms with E-state index >= 15 is 0 Å². The highest BCUT2D eigenvalue weighted by Gasteiger charge is 2.15. The van der Waals surface area contributed by atoms with Gasteiger partial charge < -0.3 is 13.6 Å². The molecule has 23 heavy (non-hydrogen) atoms. The van der Waals surface area contributed by atoms with E-state index in [1.807, 2.05) is 6.92 Å². The zero-order chi connectivity index (χ0) is 16.0. The van der Waals surface area contributed by atoms with E-state index in [0.29, 0.717) is 34.1 Å². The van der Waals surface area contributed by atoms with Gasteiger partial charge >= 0.3 is 5.63 Å². The Morgan fingerprint density at radius 2 is 1.70 bits per heavy atom. The first-order chi connectivity index (χ1) is 11.2. The van der Waals surface area contributed by atoms with E-state index in [2.05, 4.69) is 0 Å². The minimum Gasteiger partial charge on any atom is -0.494 e. The van der Waals surface area contributed by atoms with Crippen LogP contribution in [0.1, 0.15) is 6.92 Å². The van der Waals surface area contributed by atoms with Crippen molar-refractivity contribution < 1.29 is 13.6 Å². The summed E-state index contributed by atoms with van der Waals surface area (Å²) in [6, 6.07) is 11.9. The van der Waals surface area contributed by atoms with Crippen LogP contribution in [-0.4, -0.2) is 6.61 Å². The van der Waals surface area contributed by atoms with Gasteiger partial charge in [0.25, 0.3) is 0 Å². The lowest BCUT2D eigenvalue weighted by Gasteiger charge is -2.06. The van der Waals surface area contributed by atoms with Crippen LogP contribution in [0, 0.1) is 0 Å². The number of fused-ring (bicyclic) bond motifs is 4. The molecule has 0 aliphatic rings. The predicted octanol–water partition coefficient (Wildman–Crippen LogP) is 3.45. The molecule has 114 valence electrons. The summed E-state index contributed by atoms with van der Waals surface area (Å²) in [6.07, 6.45) is 0. The highest BCUT2D eigenvalue weighted by Crippen LogP contribution is 2.26. The van der Waals surface area contributed by atoms with Crippen LogP contribution in [0.5, 0.6) is 5.75 Å². The third-order valence-electron chi connectivity index (χ3n) is 3.72. The van der Waals surface area contributed by atoms with Crippen LogP contribution in [0.15, 0.2) is 60.9 Å². The van der Waals surface area contributed by atoms with Crippen molar-refractivity contribution in [3.05, 3.63) is 63.1 Å². The van der Waals surface area contributed by atoms with E-state index in [0.717, 1.165) is 0 Å². The average Bonchev–Trinajstić information content (AvgIpc) is 2.57. The van der Waals surface area contributed by atoms with Crippen molar-refractivity contribution >= 4 is 32.9 Å². The van der Waals surface area contributed by atoms with Crippen molar-refractivity contribution in [2.24, 2.45) is 0 Å². The fourth-order valence-corrected chi connectivity index (χ4v) is 2.69. The number of rotatable bonds is 2. The Balaban J connectivity index is 2.20. The maximum Gasteiger partial charge on any atom is 0.344 e. The van der Waals surface area contributed by atoms with Gasteiger partial charge in [-0.1, -0.05) is 18.2 Å². The topological polar surface area (TPSA) is 69.7 Å². The predicted molar refractivity (Wildman–Crippen MR) is 87.2 cm³/mol. The van der Waals surface area contributed by atoms with Crippen LogP contribution in [0.3, 0.4) is 0 Å². The normalized spacial score (nSPS) is 11.3. The molecule has 2 aromatic carbocycles. The molecule has 0 radical (unpaired) electrons. The Kier molecular flexibility index (Phi) is 2.94. The van der Waals surface area contributed by atoms with Gasteiger partial charge in [-0.2, -0.15) is 0 Å². The molecule has 0 N–H and O–H groups in total. The second kappa shape index (κ2) is 4.98. The summed E-state index contributed by atoms with van der Waals surface area (Å²) in [5.41, 5.74) is -0.312. The first kappa shape index (κ1) is 13.6. The molecule has 0 saturated carbocycles. The number of hydrogen-bond acceptors (Lipinski definition) is 5. The third kappa shape index (κ3) is 2.01. The van der Waals surface area contributed by atoms with Gasteiger partial charge in [0.1, 0.15) is 11.3 Å². The summed E-state index contributed by atoms with van der Waals surface area (Å²) >= 11 is 0. The number of ether oxygens (including phenoxy) is 1. The van der Waals surface area contributed by atoms with Crippen LogP contribution in [-0.2, 0) is 0 Å². The second-order valence-corrected chi connectivity index (χ2v) is 5.12. The van der Waals surface area contributed by atoms with E-state index in [9.17, 15) is 9.59 Å². The van der Waals surface area contributed by atoms with Crippen LogP contribution in [0.4, 0.5) is 0 Å². The Bertz CT molecular complexity index is 1170. The van der Waals surface area contributed by atoms with Gasteiger partial charge in [0.15, 0.2) is 5.58 Å². The van der Waals surface area contributed by atoms with Gasteiger partial charge in [-0.05, 0) is 31.2 Å². The van der Waals surface area contributed by atoms with Crippen molar-refractivity contribution in [2.75, 3.05) is 6.61 Å². The lowest BCUT2D eigenvalue weighted by Crippen LogP contribution is -2.08. The molecule has 4 aromatic rings. The zero-order valence-corrected chi connectivity index (χ0v) is 12.3. The molecule has 0 spiro atoms. The van der Waals surface area contributed by atoms with Gasteiger partial charge in [-0.3, -0.25) is 4.79 Å². The summed E-state index contributed by atoms with van der Waals surface area (Å²) in [7, 11) is 0. The van der Waals surface area contributed by atoms with Crippen LogP contribution in [0.25, 0.3) is 32.9 Å². The van der Waals surface area contributed by atoms with E-state index in [4.69, 9.17) is 13.6 Å². The standard InChI is InChI=1S/C18H12O5/c1-2-21-10-7-8-14-13(9-10)15(19)17-16(22-14)11-5-3-4-6-12(11)18(20)23-17/h3-9H,2H2,1H3. The molecule has 0 fully saturated rings. The fraction of sp³-hybridized carbons (Fsp3) is 0.111. The molecule has 0 amide bonds. The molecule has 0 unspecified atom stereocenters. The van der Waals surface area contributed by atoms with E-state index in [1.54, 1.807) is 42.5 Å². The SMILES string of the molecule is CCOc1ccc2oc3c(oc(=O)c4ccccc43)c(=O)c2c1. The summed E-state index contributed by atoms with van der Waals surface area (Å²) in [4.78, 5) is 24.8. The monoisotopic (exact) mass is 308 g/mol. The number of benzene rings is 2. The van der Waals surface area contributed by atoms with E-state index < -0.39 is 5.63 Å². The maximum atomic E-state index is 12.7. The Hall–Kier alpha value is -3.08. The molecule has 5 nitrogen and oxygen atoms in total. The Labute approximate surface area is 129 Å². The Morgan fingerprint density at radius 1 is 0.913 bits per heavy atom. The van der Waals surface area contributed by atoms with Crippen molar-refractivity contribution in [3.8, 4) is 5.75 Å². The largest absolute Gasteiger partial charge is 0.494 e.